The molecule has 1 saturated heterocycles. The molecular formula is C17H25FN2O2. The van der Waals surface area contributed by atoms with Crippen LogP contribution < -0.4 is 5.32 Å². The van der Waals surface area contributed by atoms with Gasteiger partial charge in [-0.15, -0.1) is 0 Å². The van der Waals surface area contributed by atoms with Gasteiger partial charge < -0.3 is 10.4 Å². The molecule has 0 saturated carbocycles. The Morgan fingerprint density at radius 2 is 2.14 bits per heavy atom. The Hall–Kier alpha value is -1.46. The first-order valence-electron chi connectivity index (χ1n) is 8.00. The van der Waals surface area contributed by atoms with E-state index in [9.17, 15) is 9.18 Å². The van der Waals surface area contributed by atoms with Crippen LogP contribution in [0.5, 0.6) is 0 Å². The van der Waals surface area contributed by atoms with Crippen LogP contribution in [0.15, 0.2) is 24.3 Å². The van der Waals surface area contributed by atoms with Crippen molar-refractivity contribution in [2.75, 3.05) is 19.7 Å². The van der Waals surface area contributed by atoms with Crippen molar-refractivity contribution in [3.05, 3.63) is 35.6 Å². The molecule has 22 heavy (non-hydrogen) atoms. The lowest BCUT2D eigenvalue weighted by Gasteiger charge is -2.35. The van der Waals surface area contributed by atoms with E-state index >= 15 is 0 Å². The maximum Gasteiger partial charge on any atom is 0.234 e. The Bertz CT molecular complexity index is 476. The summed E-state index contributed by atoms with van der Waals surface area (Å²) in [4.78, 5) is 14.4. The number of nitrogens with one attached hydrogen (secondary N) is 1. The molecular weight excluding hydrogens is 283 g/mol. The summed E-state index contributed by atoms with van der Waals surface area (Å²) in [5.74, 6) is -0.302. The van der Waals surface area contributed by atoms with E-state index in [0.29, 0.717) is 12.6 Å². The third-order valence-electron chi connectivity index (χ3n) is 4.31. The summed E-state index contributed by atoms with van der Waals surface area (Å²) in [7, 11) is 0. The zero-order valence-corrected chi connectivity index (χ0v) is 13.1. The van der Waals surface area contributed by atoms with Crippen molar-refractivity contribution in [1.29, 1.82) is 0 Å². The van der Waals surface area contributed by atoms with Gasteiger partial charge in [-0.3, -0.25) is 9.69 Å². The number of aliphatic hydroxyl groups excluding tert-OH is 1. The summed E-state index contributed by atoms with van der Waals surface area (Å²) in [5.41, 5.74) is 0.889. The number of likely N-dealkylation sites (tertiary alicyclic amines) is 1. The molecule has 0 aromatic heterocycles. The number of rotatable bonds is 6. The highest BCUT2D eigenvalue weighted by atomic mass is 19.1. The average Bonchev–Trinajstić information content (AvgIpc) is 2.50. The molecule has 2 N–H and O–H groups in total. The van der Waals surface area contributed by atoms with Gasteiger partial charge in [0.25, 0.3) is 0 Å². The average molecular weight is 308 g/mol. The Labute approximate surface area is 131 Å². The maximum atomic E-state index is 12.9. The smallest absolute Gasteiger partial charge is 0.234 e. The normalized spacial score (nSPS) is 20.6. The second kappa shape index (κ2) is 8.25. The number of nitrogens with zero attached hydrogens (tertiary/aromatic N) is 1. The molecule has 2 atom stereocenters. The third kappa shape index (κ3) is 4.78. The molecule has 2 rings (SSSR count). The molecule has 1 fully saturated rings. The fraction of sp³-hybridized carbons (Fsp3) is 0.588. The van der Waals surface area contributed by atoms with Crippen LogP contribution in [0.1, 0.15) is 44.2 Å². The zero-order valence-electron chi connectivity index (χ0n) is 13.1. The highest BCUT2D eigenvalue weighted by Crippen LogP contribution is 2.19. The van der Waals surface area contributed by atoms with Crippen molar-refractivity contribution >= 4 is 5.91 Å². The van der Waals surface area contributed by atoms with Gasteiger partial charge in [-0.1, -0.05) is 18.6 Å². The number of piperidine rings is 1. The number of carbonyl (C=O) groups excluding carboxylic acids is 1. The summed E-state index contributed by atoms with van der Waals surface area (Å²) in [5, 5.41) is 12.1. The van der Waals surface area contributed by atoms with Crippen molar-refractivity contribution in [1.82, 2.24) is 10.2 Å². The Morgan fingerprint density at radius 3 is 2.82 bits per heavy atom. The second-order valence-corrected chi connectivity index (χ2v) is 5.97. The number of hydrogen-bond acceptors (Lipinski definition) is 3. The second-order valence-electron chi connectivity index (χ2n) is 5.97. The van der Waals surface area contributed by atoms with E-state index < -0.39 is 0 Å². The van der Waals surface area contributed by atoms with Gasteiger partial charge in [0.2, 0.25) is 5.91 Å². The molecule has 2 unspecified atom stereocenters. The number of hydrogen-bond donors (Lipinski definition) is 2. The van der Waals surface area contributed by atoms with Crippen LogP contribution in [-0.2, 0) is 4.79 Å². The highest BCUT2D eigenvalue weighted by Gasteiger charge is 2.24. The largest absolute Gasteiger partial charge is 0.396 e. The summed E-state index contributed by atoms with van der Waals surface area (Å²) < 4.78 is 12.9. The highest BCUT2D eigenvalue weighted by molar-refractivity contribution is 5.78. The maximum absolute atomic E-state index is 12.9. The van der Waals surface area contributed by atoms with Gasteiger partial charge in [0, 0.05) is 12.6 Å². The summed E-state index contributed by atoms with van der Waals surface area (Å²) in [6.45, 7) is 3.32. The van der Waals surface area contributed by atoms with Gasteiger partial charge in [-0.2, -0.15) is 0 Å². The molecule has 122 valence electrons. The molecule has 0 radical (unpaired) electrons. The molecule has 0 aliphatic carbocycles. The van der Waals surface area contributed by atoms with Crippen molar-refractivity contribution in [3.8, 4) is 0 Å². The molecule has 0 bridgehead atoms. The monoisotopic (exact) mass is 308 g/mol. The van der Waals surface area contributed by atoms with Gasteiger partial charge in [0.15, 0.2) is 0 Å². The van der Waals surface area contributed by atoms with E-state index in [1.54, 1.807) is 12.1 Å². The van der Waals surface area contributed by atoms with Crippen molar-refractivity contribution < 1.29 is 14.3 Å². The SMILES string of the molecule is CC(NC(=O)CN1CCCCC1CCO)c1ccc(F)cc1. The molecule has 5 heteroatoms. The van der Waals surface area contributed by atoms with Gasteiger partial charge in [-0.05, 0) is 50.4 Å². The predicted octanol–water partition coefficient (Wildman–Crippen LogP) is 2.24. The summed E-state index contributed by atoms with van der Waals surface area (Å²) in [6.07, 6.45) is 4.03. The van der Waals surface area contributed by atoms with Crippen LogP contribution in [-0.4, -0.2) is 41.7 Å². The molecule has 1 aromatic carbocycles. The van der Waals surface area contributed by atoms with Gasteiger partial charge in [0.1, 0.15) is 5.82 Å². The molecule has 4 nitrogen and oxygen atoms in total. The lowest BCUT2D eigenvalue weighted by molar-refractivity contribution is -0.123. The van der Waals surface area contributed by atoms with Crippen LogP contribution in [0.4, 0.5) is 4.39 Å². The van der Waals surface area contributed by atoms with Gasteiger partial charge in [0.05, 0.1) is 12.6 Å². The molecule has 0 spiro atoms. The minimum atomic E-state index is -0.276. The molecule has 1 aliphatic heterocycles. The predicted molar refractivity (Wildman–Crippen MR) is 83.9 cm³/mol. The van der Waals surface area contributed by atoms with Crippen molar-refractivity contribution in [3.63, 3.8) is 0 Å². The van der Waals surface area contributed by atoms with E-state index in [0.717, 1.165) is 37.8 Å². The van der Waals surface area contributed by atoms with Crippen LogP contribution in [0.25, 0.3) is 0 Å². The van der Waals surface area contributed by atoms with Crippen molar-refractivity contribution in [2.24, 2.45) is 0 Å². The zero-order chi connectivity index (χ0) is 15.9. The van der Waals surface area contributed by atoms with E-state index in [1.165, 1.54) is 12.1 Å². The van der Waals surface area contributed by atoms with Crippen LogP contribution in [0.2, 0.25) is 0 Å². The molecule has 1 heterocycles. The standard InChI is InChI=1S/C17H25FN2O2/c1-13(14-5-7-15(18)8-6-14)19-17(22)12-20-10-3-2-4-16(20)9-11-21/h5-8,13,16,21H,2-4,9-12H2,1H3,(H,19,22). The number of halogens is 1. The summed E-state index contributed by atoms with van der Waals surface area (Å²) in [6, 6.07) is 6.34. The first-order valence-corrected chi connectivity index (χ1v) is 8.00. The van der Waals surface area contributed by atoms with Crippen LogP contribution in [0, 0.1) is 5.82 Å². The number of carbonyl (C=O) groups is 1. The molecule has 1 aliphatic rings. The minimum absolute atomic E-state index is 0.0262. The van der Waals surface area contributed by atoms with E-state index in [-0.39, 0.29) is 24.4 Å². The van der Waals surface area contributed by atoms with Crippen LogP contribution >= 0.6 is 0 Å². The number of amides is 1. The lowest BCUT2D eigenvalue weighted by Crippen LogP contribution is -2.46. The van der Waals surface area contributed by atoms with Gasteiger partial charge >= 0.3 is 0 Å². The third-order valence-corrected chi connectivity index (χ3v) is 4.31. The van der Waals surface area contributed by atoms with Crippen molar-refractivity contribution in [2.45, 2.75) is 44.7 Å². The number of benzene rings is 1. The lowest BCUT2D eigenvalue weighted by atomic mass is 9.99. The minimum Gasteiger partial charge on any atom is -0.396 e. The summed E-state index contributed by atoms with van der Waals surface area (Å²) >= 11 is 0. The number of aliphatic hydroxyl groups is 1. The Kier molecular flexibility index (Phi) is 6.34. The Morgan fingerprint density at radius 1 is 1.41 bits per heavy atom. The Balaban J connectivity index is 1.87. The topological polar surface area (TPSA) is 52.6 Å². The quantitative estimate of drug-likeness (QED) is 0.847. The molecule has 1 amide bonds. The van der Waals surface area contributed by atoms with E-state index in [2.05, 4.69) is 10.2 Å². The fourth-order valence-corrected chi connectivity index (χ4v) is 3.05. The molecule has 1 aromatic rings. The van der Waals surface area contributed by atoms with E-state index in [1.807, 2.05) is 6.92 Å². The van der Waals surface area contributed by atoms with Crippen LogP contribution in [0.3, 0.4) is 0 Å². The van der Waals surface area contributed by atoms with Gasteiger partial charge in [-0.25, -0.2) is 4.39 Å². The van der Waals surface area contributed by atoms with E-state index in [4.69, 9.17) is 5.11 Å². The fourth-order valence-electron chi connectivity index (χ4n) is 3.05. The first-order chi connectivity index (χ1) is 10.6. The first kappa shape index (κ1) is 16.9.